The molecule has 3 aromatic rings. The third-order valence-corrected chi connectivity index (χ3v) is 8.95. The lowest BCUT2D eigenvalue weighted by Gasteiger charge is -2.33. The van der Waals surface area contributed by atoms with Gasteiger partial charge in [0.05, 0.1) is 11.9 Å². The van der Waals surface area contributed by atoms with E-state index in [1.54, 1.807) is 47.0 Å². The molecule has 3 amide bonds. The Morgan fingerprint density at radius 3 is 2.24 bits per heavy atom. The quantitative estimate of drug-likeness (QED) is 0.422. The summed E-state index contributed by atoms with van der Waals surface area (Å²) in [4.78, 5) is 40.3. The molecule has 11 nitrogen and oxygen atoms in total. The zero-order valence-electron chi connectivity index (χ0n) is 23.4. The topological polar surface area (TPSA) is 134 Å². The van der Waals surface area contributed by atoms with Gasteiger partial charge in [0.1, 0.15) is 5.69 Å². The second-order valence-electron chi connectivity index (χ2n) is 10.6. The molecule has 0 spiro atoms. The number of carbonyl (C=O) groups is 3. The predicted octanol–water partition coefficient (Wildman–Crippen LogP) is 2.51. The number of anilines is 1. The molecule has 1 aromatic heterocycles. The first kappa shape index (κ1) is 28.5. The molecule has 1 aliphatic carbocycles. The maximum atomic E-state index is 13.0. The first-order chi connectivity index (χ1) is 19.5. The van der Waals surface area contributed by atoms with Crippen LogP contribution in [0.1, 0.15) is 66.8 Å². The molecule has 2 aliphatic rings. The summed E-state index contributed by atoms with van der Waals surface area (Å²) in [6, 6.07) is 13.8. The van der Waals surface area contributed by atoms with Gasteiger partial charge >= 0.3 is 0 Å². The molecule has 41 heavy (non-hydrogen) atoms. The van der Waals surface area contributed by atoms with Crippen LogP contribution >= 0.6 is 0 Å². The van der Waals surface area contributed by atoms with E-state index in [4.69, 9.17) is 0 Å². The van der Waals surface area contributed by atoms with Crippen molar-refractivity contribution in [1.29, 1.82) is 0 Å². The van der Waals surface area contributed by atoms with Crippen molar-refractivity contribution in [3.05, 3.63) is 82.2 Å². The number of piperazine rings is 1. The molecule has 0 unspecified atom stereocenters. The van der Waals surface area contributed by atoms with Crippen molar-refractivity contribution < 1.29 is 22.8 Å². The van der Waals surface area contributed by atoms with E-state index in [1.807, 2.05) is 25.1 Å². The molecule has 12 heteroatoms. The Bertz CT molecular complexity index is 1590. The van der Waals surface area contributed by atoms with Crippen molar-refractivity contribution in [2.75, 3.05) is 37.8 Å². The number of sulfonamides is 1. The molecule has 216 valence electrons. The van der Waals surface area contributed by atoms with E-state index in [1.165, 1.54) is 4.31 Å². The average Bonchev–Trinajstić information content (AvgIpc) is 3.73. The van der Waals surface area contributed by atoms with E-state index < -0.39 is 10.0 Å². The van der Waals surface area contributed by atoms with Crippen LogP contribution in [0.4, 0.5) is 5.69 Å². The molecule has 2 N–H and O–H groups in total. The number of benzene rings is 2. The van der Waals surface area contributed by atoms with Gasteiger partial charge in [-0.2, -0.15) is 9.40 Å². The lowest BCUT2D eigenvalue weighted by atomic mass is 10.1. The van der Waals surface area contributed by atoms with Gasteiger partial charge < -0.3 is 15.5 Å². The van der Waals surface area contributed by atoms with Gasteiger partial charge in [0.15, 0.2) is 0 Å². The maximum absolute atomic E-state index is 13.0. The molecule has 2 heterocycles. The highest BCUT2D eigenvalue weighted by molar-refractivity contribution is 7.88. The summed E-state index contributed by atoms with van der Waals surface area (Å²) in [7, 11) is -1.51. The van der Waals surface area contributed by atoms with Crippen LogP contribution < -0.4 is 10.6 Å². The van der Waals surface area contributed by atoms with Crippen LogP contribution in [0.2, 0.25) is 0 Å². The second-order valence-corrected chi connectivity index (χ2v) is 12.6. The molecule has 0 bridgehead atoms. The zero-order valence-corrected chi connectivity index (χ0v) is 24.2. The van der Waals surface area contributed by atoms with Crippen LogP contribution in [0, 0.1) is 6.92 Å². The molecule has 5 rings (SSSR count). The zero-order chi connectivity index (χ0) is 29.3. The van der Waals surface area contributed by atoms with Gasteiger partial charge in [-0.25, -0.2) is 8.42 Å². The van der Waals surface area contributed by atoms with Crippen molar-refractivity contribution >= 4 is 33.4 Å². The standard InChI is InChI=1S/C29H34N6O5S/c1-19-23(18-30-28(37)26-17-25(20-7-8-20)32-33(26)2)5-4-6-24(19)31-27(36)21-9-11-22(12-10-21)29(38)34-13-15-35(16-14-34)41(3,39)40/h4-6,9-12,17,20H,7-8,13-16,18H2,1-3H3,(H,30,37)(H,31,36). The second kappa shape index (κ2) is 11.5. The van der Waals surface area contributed by atoms with Crippen LogP contribution in [0.3, 0.4) is 0 Å². The number of hydrogen-bond donors (Lipinski definition) is 2. The normalized spacial score (nSPS) is 15.9. The fraction of sp³-hybridized carbons (Fsp3) is 0.379. The third kappa shape index (κ3) is 6.49. The Morgan fingerprint density at radius 1 is 0.951 bits per heavy atom. The molecule has 0 atom stereocenters. The highest BCUT2D eigenvalue weighted by atomic mass is 32.2. The van der Waals surface area contributed by atoms with E-state index >= 15 is 0 Å². The summed E-state index contributed by atoms with van der Waals surface area (Å²) in [6.45, 7) is 3.34. The summed E-state index contributed by atoms with van der Waals surface area (Å²) < 4.78 is 26.4. The van der Waals surface area contributed by atoms with E-state index in [0.29, 0.717) is 48.1 Å². The fourth-order valence-electron chi connectivity index (χ4n) is 4.92. The highest BCUT2D eigenvalue weighted by Crippen LogP contribution is 2.39. The van der Waals surface area contributed by atoms with Crippen molar-refractivity contribution in [3.8, 4) is 0 Å². The summed E-state index contributed by atoms with van der Waals surface area (Å²) in [5, 5.41) is 10.3. The minimum atomic E-state index is -3.28. The minimum absolute atomic E-state index is 0.201. The summed E-state index contributed by atoms with van der Waals surface area (Å²) in [5.74, 6) is -0.261. The van der Waals surface area contributed by atoms with Crippen molar-refractivity contribution in [3.63, 3.8) is 0 Å². The number of nitrogens with zero attached hydrogens (tertiary/aromatic N) is 4. The van der Waals surface area contributed by atoms with E-state index in [9.17, 15) is 22.8 Å². The Hall–Kier alpha value is -4.03. The highest BCUT2D eigenvalue weighted by Gasteiger charge is 2.28. The van der Waals surface area contributed by atoms with Crippen molar-refractivity contribution in [2.45, 2.75) is 32.2 Å². The van der Waals surface area contributed by atoms with Gasteiger partial charge in [-0.3, -0.25) is 19.1 Å². The van der Waals surface area contributed by atoms with Gasteiger partial charge in [-0.05, 0) is 67.3 Å². The van der Waals surface area contributed by atoms with E-state index in [0.717, 1.165) is 35.9 Å². The Labute approximate surface area is 239 Å². The lowest BCUT2D eigenvalue weighted by Crippen LogP contribution is -2.50. The number of nitrogens with one attached hydrogen (secondary N) is 2. The average molecular weight is 579 g/mol. The van der Waals surface area contributed by atoms with Gasteiger partial charge in [0, 0.05) is 62.5 Å². The first-order valence-corrected chi connectivity index (χ1v) is 15.4. The Balaban J connectivity index is 1.18. The molecular weight excluding hydrogens is 544 g/mol. The maximum Gasteiger partial charge on any atom is 0.269 e. The molecule has 1 saturated carbocycles. The van der Waals surface area contributed by atoms with E-state index in [2.05, 4.69) is 15.7 Å². The van der Waals surface area contributed by atoms with Crippen LogP contribution in [0.15, 0.2) is 48.5 Å². The van der Waals surface area contributed by atoms with Crippen LogP contribution in [-0.4, -0.2) is 77.6 Å². The Morgan fingerprint density at radius 2 is 1.61 bits per heavy atom. The van der Waals surface area contributed by atoms with Crippen LogP contribution in [0.5, 0.6) is 0 Å². The number of aryl methyl sites for hydroxylation is 1. The summed E-state index contributed by atoms with van der Waals surface area (Å²) in [6.07, 6.45) is 3.40. The SMILES string of the molecule is Cc1c(CNC(=O)c2cc(C3CC3)nn2C)cccc1NC(=O)c1ccc(C(=O)N2CCN(S(C)(=O)=O)CC2)cc1. The molecule has 2 aromatic carbocycles. The Kier molecular flexibility index (Phi) is 7.96. The molecule has 1 saturated heterocycles. The van der Waals surface area contributed by atoms with Gasteiger partial charge in [-0.15, -0.1) is 0 Å². The predicted molar refractivity (Wildman–Crippen MR) is 154 cm³/mol. The molecule has 1 aliphatic heterocycles. The first-order valence-electron chi connectivity index (χ1n) is 13.6. The lowest BCUT2D eigenvalue weighted by molar-refractivity contribution is 0.0697. The summed E-state index contributed by atoms with van der Waals surface area (Å²) >= 11 is 0. The minimum Gasteiger partial charge on any atom is -0.347 e. The molecule has 0 radical (unpaired) electrons. The smallest absolute Gasteiger partial charge is 0.269 e. The van der Waals surface area contributed by atoms with E-state index in [-0.39, 0.29) is 30.8 Å². The molecule has 2 fully saturated rings. The van der Waals surface area contributed by atoms with Crippen LogP contribution in [0.25, 0.3) is 0 Å². The number of amides is 3. The molecular formula is C29H34N6O5S. The van der Waals surface area contributed by atoms with Gasteiger partial charge in [-0.1, -0.05) is 12.1 Å². The van der Waals surface area contributed by atoms with Crippen molar-refractivity contribution in [1.82, 2.24) is 24.3 Å². The number of aromatic nitrogens is 2. The number of carbonyl (C=O) groups excluding carboxylic acids is 3. The fourth-order valence-corrected chi connectivity index (χ4v) is 5.75. The number of hydrogen-bond acceptors (Lipinski definition) is 6. The largest absolute Gasteiger partial charge is 0.347 e. The number of rotatable bonds is 8. The monoisotopic (exact) mass is 578 g/mol. The summed E-state index contributed by atoms with van der Waals surface area (Å²) in [5.41, 5.74) is 4.64. The van der Waals surface area contributed by atoms with Gasteiger partial charge in [0.25, 0.3) is 17.7 Å². The van der Waals surface area contributed by atoms with Crippen molar-refractivity contribution in [2.24, 2.45) is 7.05 Å². The van der Waals surface area contributed by atoms with Gasteiger partial charge in [0.2, 0.25) is 10.0 Å². The van der Waals surface area contributed by atoms with Crippen LogP contribution in [-0.2, 0) is 23.6 Å². The third-order valence-electron chi connectivity index (χ3n) is 7.65.